The van der Waals surface area contributed by atoms with E-state index in [1.165, 1.54) is 31.3 Å². The summed E-state index contributed by atoms with van der Waals surface area (Å²) in [6.07, 6.45) is -4.60. The van der Waals surface area contributed by atoms with Crippen molar-refractivity contribution in [2.75, 3.05) is 7.05 Å². The third-order valence-electron chi connectivity index (χ3n) is 4.01. The van der Waals surface area contributed by atoms with E-state index in [4.69, 9.17) is 0 Å². The van der Waals surface area contributed by atoms with Crippen molar-refractivity contribution in [3.63, 3.8) is 0 Å². The fourth-order valence-corrected chi connectivity index (χ4v) is 3.26. The number of aromatic nitrogens is 2. The Hall–Kier alpha value is -2.65. The van der Waals surface area contributed by atoms with Gasteiger partial charge in [0, 0.05) is 5.56 Å². The average Bonchev–Trinajstić information content (AvgIpc) is 3.08. The summed E-state index contributed by atoms with van der Waals surface area (Å²) in [5.74, 6) is 0. The number of nitrogens with zero attached hydrogens (tertiary/aromatic N) is 2. The largest absolute Gasteiger partial charge is 0.435 e. The lowest BCUT2D eigenvalue weighted by Crippen LogP contribution is -2.18. The number of hydrogen-bond donors (Lipinski definition) is 1. The molecule has 3 aromatic rings. The lowest BCUT2D eigenvalue weighted by Gasteiger charge is -2.09. The second kappa shape index (κ2) is 6.82. The SMILES string of the molecule is CNS(=O)(=O)c1ccc(-n2nc(C(F)(F)F)cc2-c2ccc(C)cc2)cc1. The molecule has 0 radical (unpaired) electrons. The molecule has 5 nitrogen and oxygen atoms in total. The van der Waals surface area contributed by atoms with Crippen molar-refractivity contribution in [2.24, 2.45) is 0 Å². The molecule has 9 heteroatoms. The van der Waals surface area contributed by atoms with Crippen LogP contribution in [0.4, 0.5) is 13.2 Å². The van der Waals surface area contributed by atoms with Crippen LogP contribution in [0.15, 0.2) is 59.5 Å². The van der Waals surface area contributed by atoms with E-state index in [0.29, 0.717) is 11.3 Å². The molecule has 0 unspecified atom stereocenters. The molecule has 142 valence electrons. The molecule has 0 saturated carbocycles. The van der Waals surface area contributed by atoms with Crippen molar-refractivity contribution in [1.82, 2.24) is 14.5 Å². The predicted octanol–water partition coefficient (Wildman–Crippen LogP) is 3.77. The minimum atomic E-state index is -4.60. The van der Waals surface area contributed by atoms with E-state index in [2.05, 4.69) is 9.82 Å². The Kier molecular flexibility index (Phi) is 4.83. The first-order valence-electron chi connectivity index (χ1n) is 7.90. The molecule has 1 N–H and O–H groups in total. The van der Waals surface area contributed by atoms with Gasteiger partial charge >= 0.3 is 6.18 Å². The molecule has 0 aliphatic carbocycles. The Morgan fingerprint density at radius 2 is 1.59 bits per heavy atom. The van der Waals surface area contributed by atoms with Crippen molar-refractivity contribution in [2.45, 2.75) is 18.0 Å². The van der Waals surface area contributed by atoms with Gasteiger partial charge in [-0.1, -0.05) is 29.8 Å². The van der Waals surface area contributed by atoms with Gasteiger partial charge in [-0.05, 0) is 44.3 Å². The second-order valence-electron chi connectivity index (χ2n) is 5.89. The molecule has 0 aliphatic rings. The van der Waals surface area contributed by atoms with Gasteiger partial charge in [0.15, 0.2) is 5.69 Å². The van der Waals surface area contributed by atoms with E-state index in [-0.39, 0.29) is 10.6 Å². The number of alkyl halides is 3. The Balaban J connectivity index is 2.14. The maximum absolute atomic E-state index is 13.2. The summed E-state index contributed by atoms with van der Waals surface area (Å²) in [6.45, 7) is 1.88. The molecule has 27 heavy (non-hydrogen) atoms. The smallest absolute Gasteiger partial charge is 0.233 e. The summed E-state index contributed by atoms with van der Waals surface area (Å²) in [6, 6.07) is 13.4. The quantitative estimate of drug-likeness (QED) is 0.731. The molecular formula is C18H16F3N3O2S. The number of rotatable bonds is 4. The standard InChI is InChI=1S/C18H16F3N3O2S/c1-12-3-5-13(6-4-12)16-11-17(18(19,20)21)23-24(16)14-7-9-15(10-8-14)27(25,26)22-2/h3-11,22H,1-2H3. The zero-order chi connectivity index (χ0) is 19.8. The first-order chi connectivity index (χ1) is 12.6. The van der Waals surface area contributed by atoms with Gasteiger partial charge < -0.3 is 0 Å². The predicted molar refractivity (Wildman–Crippen MR) is 95.0 cm³/mol. The van der Waals surface area contributed by atoms with E-state index < -0.39 is 21.9 Å². The van der Waals surface area contributed by atoms with E-state index in [9.17, 15) is 21.6 Å². The fraction of sp³-hybridized carbons (Fsp3) is 0.167. The highest BCUT2D eigenvalue weighted by atomic mass is 32.2. The molecule has 0 fully saturated rings. The number of hydrogen-bond acceptors (Lipinski definition) is 3. The summed E-state index contributed by atoms with van der Waals surface area (Å²) < 4.78 is 66.5. The van der Waals surface area contributed by atoms with E-state index in [1.54, 1.807) is 24.3 Å². The molecule has 0 saturated heterocycles. The Morgan fingerprint density at radius 3 is 2.11 bits per heavy atom. The minimum absolute atomic E-state index is 0.00818. The lowest BCUT2D eigenvalue weighted by atomic mass is 10.1. The first kappa shape index (κ1) is 19.1. The Morgan fingerprint density at radius 1 is 1.00 bits per heavy atom. The monoisotopic (exact) mass is 395 g/mol. The highest BCUT2D eigenvalue weighted by Crippen LogP contribution is 2.33. The van der Waals surface area contributed by atoms with Crippen LogP contribution in [-0.2, 0) is 16.2 Å². The molecule has 0 bridgehead atoms. The van der Waals surface area contributed by atoms with Crippen LogP contribution in [0.25, 0.3) is 16.9 Å². The van der Waals surface area contributed by atoms with Crippen LogP contribution >= 0.6 is 0 Å². The second-order valence-corrected chi connectivity index (χ2v) is 7.78. The molecule has 0 spiro atoms. The van der Waals surface area contributed by atoms with Gasteiger partial charge in [-0.15, -0.1) is 0 Å². The first-order valence-corrected chi connectivity index (χ1v) is 9.38. The Labute approximate surface area is 154 Å². The molecule has 0 amide bonds. The topological polar surface area (TPSA) is 64.0 Å². The zero-order valence-electron chi connectivity index (χ0n) is 14.4. The van der Waals surface area contributed by atoms with Crippen LogP contribution in [0.2, 0.25) is 0 Å². The summed E-state index contributed by atoms with van der Waals surface area (Å²) in [4.78, 5) is 0.00818. The summed E-state index contributed by atoms with van der Waals surface area (Å²) >= 11 is 0. The highest BCUT2D eigenvalue weighted by molar-refractivity contribution is 7.89. The van der Waals surface area contributed by atoms with Gasteiger partial charge in [0.2, 0.25) is 10.0 Å². The van der Waals surface area contributed by atoms with Gasteiger partial charge in [-0.25, -0.2) is 17.8 Å². The average molecular weight is 395 g/mol. The zero-order valence-corrected chi connectivity index (χ0v) is 15.3. The molecule has 3 rings (SSSR count). The normalized spacial score (nSPS) is 12.3. The Bertz CT molecular complexity index is 1050. The molecule has 1 heterocycles. The summed E-state index contributed by atoms with van der Waals surface area (Å²) in [7, 11) is -2.36. The van der Waals surface area contributed by atoms with Crippen molar-refractivity contribution < 1.29 is 21.6 Å². The van der Waals surface area contributed by atoms with Gasteiger partial charge in [0.1, 0.15) is 0 Å². The number of benzene rings is 2. The van der Waals surface area contributed by atoms with E-state index in [1.807, 2.05) is 6.92 Å². The molecular weight excluding hydrogens is 379 g/mol. The maximum Gasteiger partial charge on any atom is 0.435 e. The van der Waals surface area contributed by atoms with Crippen molar-refractivity contribution in [1.29, 1.82) is 0 Å². The molecule has 1 aromatic heterocycles. The fourth-order valence-electron chi connectivity index (χ4n) is 2.53. The van der Waals surface area contributed by atoms with Crippen LogP contribution in [0.1, 0.15) is 11.3 Å². The van der Waals surface area contributed by atoms with Gasteiger partial charge in [-0.2, -0.15) is 18.3 Å². The van der Waals surface area contributed by atoms with Crippen LogP contribution in [0, 0.1) is 6.92 Å². The van der Waals surface area contributed by atoms with Crippen LogP contribution < -0.4 is 4.72 Å². The third kappa shape index (κ3) is 3.88. The van der Waals surface area contributed by atoms with Crippen LogP contribution in [-0.4, -0.2) is 25.2 Å². The number of sulfonamides is 1. The lowest BCUT2D eigenvalue weighted by molar-refractivity contribution is -0.141. The summed E-state index contributed by atoms with van der Waals surface area (Å²) in [5.41, 5.74) is 1.09. The van der Waals surface area contributed by atoms with Crippen molar-refractivity contribution in [3.05, 3.63) is 65.9 Å². The van der Waals surface area contributed by atoms with Gasteiger partial charge in [-0.3, -0.25) is 0 Å². The minimum Gasteiger partial charge on any atom is -0.233 e. The number of halogens is 3. The molecule has 2 aromatic carbocycles. The van der Waals surface area contributed by atoms with Crippen LogP contribution in [0.3, 0.4) is 0 Å². The molecule has 0 aliphatic heterocycles. The van der Waals surface area contributed by atoms with E-state index in [0.717, 1.165) is 16.3 Å². The number of nitrogens with one attached hydrogen (secondary N) is 1. The van der Waals surface area contributed by atoms with Gasteiger partial charge in [0.25, 0.3) is 0 Å². The van der Waals surface area contributed by atoms with Gasteiger partial charge in [0.05, 0.1) is 16.3 Å². The van der Waals surface area contributed by atoms with Crippen molar-refractivity contribution >= 4 is 10.0 Å². The van der Waals surface area contributed by atoms with E-state index >= 15 is 0 Å². The molecule has 0 atom stereocenters. The van der Waals surface area contributed by atoms with Crippen LogP contribution in [0.5, 0.6) is 0 Å². The van der Waals surface area contributed by atoms with Crippen molar-refractivity contribution in [3.8, 4) is 16.9 Å². The number of aryl methyl sites for hydroxylation is 1. The highest BCUT2D eigenvalue weighted by Gasteiger charge is 2.35. The third-order valence-corrected chi connectivity index (χ3v) is 5.44. The summed E-state index contributed by atoms with van der Waals surface area (Å²) in [5, 5.41) is 3.69. The maximum atomic E-state index is 13.2.